The molecule has 0 saturated carbocycles. The van der Waals surface area contributed by atoms with Crippen molar-refractivity contribution in [3.05, 3.63) is 30.0 Å². The highest BCUT2D eigenvalue weighted by Crippen LogP contribution is 2.33. The first-order valence-electron chi connectivity index (χ1n) is 6.43. The third-order valence-corrected chi connectivity index (χ3v) is 6.29. The van der Waals surface area contributed by atoms with Crippen LogP contribution in [0, 0.1) is 0 Å². The Morgan fingerprint density at radius 3 is 2.72 bits per heavy atom. The zero-order valence-corrected chi connectivity index (χ0v) is 13.4. The van der Waals surface area contributed by atoms with Gasteiger partial charge in [-0.2, -0.15) is 11.8 Å². The van der Waals surface area contributed by atoms with Crippen molar-refractivity contribution in [2.75, 3.05) is 5.75 Å². The van der Waals surface area contributed by atoms with Gasteiger partial charge in [-0.3, -0.25) is 0 Å². The Morgan fingerprint density at radius 1 is 1.28 bits per heavy atom. The molecule has 98 valence electrons. The number of aromatic nitrogens is 1. The summed E-state index contributed by atoms with van der Waals surface area (Å²) in [5.41, 5.74) is 1.98. The van der Waals surface area contributed by atoms with Crippen LogP contribution in [0.3, 0.4) is 0 Å². The van der Waals surface area contributed by atoms with Gasteiger partial charge in [0, 0.05) is 18.7 Å². The molecule has 0 aliphatic heterocycles. The molecule has 0 saturated heterocycles. The fraction of sp³-hybridized carbons (Fsp3) is 0.500. The fourth-order valence-electron chi connectivity index (χ4n) is 1.82. The average molecular weight is 279 g/mol. The monoisotopic (exact) mass is 279 g/mol. The van der Waals surface area contributed by atoms with Crippen LogP contribution in [-0.4, -0.2) is 19.0 Å². The Bertz CT molecular complexity index is 518. The van der Waals surface area contributed by atoms with Crippen molar-refractivity contribution in [2.24, 2.45) is 0 Å². The molecule has 2 nitrogen and oxygen atoms in total. The molecular weight excluding hydrogens is 258 g/mol. The highest BCUT2D eigenvalue weighted by atomic mass is 32.2. The van der Waals surface area contributed by atoms with Crippen LogP contribution in [0.4, 0.5) is 0 Å². The lowest BCUT2D eigenvalue weighted by Gasteiger charge is -2.16. The fourth-order valence-corrected chi connectivity index (χ4v) is 5.42. The van der Waals surface area contributed by atoms with E-state index in [0.717, 1.165) is 16.7 Å². The maximum atomic E-state index is 5.36. The quantitative estimate of drug-likeness (QED) is 0.723. The van der Waals surface area contributed by atoms with E-state index >= 15 is 0 Å². The third kappa shape index (κ3) is 3.39. The Morgan fingerprint density at radius 2 is 2.00 bits per heavy atom. The van der Waals surface area contributed by atoms with Gasteiger partial charge in [-0.25, -0.2) is 0 Å². The largest absolute Gasteiger partial charge is 0.356 e. The molecule has 0 spiro atoms. The SMILES string of the molecule is C[C@@H](SCC[Si](C)(C)C)c1noc2ccccc12. The lowest BCUT2D eigenvalue weighted by atomic mass is 10.2. The summed E-state index contributed by atoms with van der Waals surface area (Å²) in [6.45, 7) is 9.48. The zero-order chi connectivity index (χ0) is 13.2. The molecule has 0 N–H and O–H groups in total. The topological polar surface area (TPSA) is 26.0 Å². The molecule has 0 aliphatic carbocycles. The minimum atomic E-state index is -0.927. The van der Waals surface area contributed by atoms with Gasteiger partial charge < -0.3 is 4.52 Å². The molecule has 4 heteroatoms. The molecule has 2 rings (SSSR count). The number of nitrogens with zero attached hydrogens (tertiary/aromatic N) is 1. The maximum Gasteiger partial charge on any atom is 0.167 e. The molecule has 2 aromatic rings. The molecule has 1 atom stereocenters. The van der Waals surface area contributed by atoms with Crippen LogP contribution >= 0.6 is 11.8 Å². The summed E-state index contributed by atoms with van der Waals surface area (Å²) in [5.74, 6) is 1.22. The van der Waals surface area contributed by atoms with E-state index in [1.54, 1.807) is 0 Å². The second-order valence-corrected chi connectivity index (χ2v) is 13.0. The Labute approximate surface area is 114 Å². The highest BCUT2D eigenvalue weighted by Gasteiger charge is 2.17. The molecule has 0 fully saturated rings. The molecule has 0 amide bonds. The molecule has 0 unspecified atom stereocenters. The Hall–Kier alpha value is -0.743. The van der Waals surface area contributed by atoms with E-state index in [-0.39, 0.29) is 0 Å². The van der Waals surface area contributed by atoms with E-state index in [1.165, 1.54) is 11.8 Å². The van der Waals surface area contributed by atoms with Gasteiger partial charge >= 0.3 is 0 Å². The van der Waals surface area contributed by atoms with E-state index in [1.807, 2.05) is 30.0 Å². The maximum absolute atomic E-state index is 5.36. The van der Waals surface area contributed by atoms with Gasteiger partial charge in [-0.1, -0.05) is 36.9 Å². The first kappa shape index (κ1) is 13.7. The standard InChI is InChI=1S/C14H21NOSSi/c1-11(17-9-10-18(2,3)4)14-12-7-5-6-8-13(12)16-15-14/h5-8,11H,9-10H2,1-4H3/t11-/m1/s1. The number of rotatable bonds is 5. The van der Waals surface area contributed by atoms with Crippen molar-refractivity contribution in [3.8, 4) is 0 Å². The van der Waals surface area contributed by atoms with Gasteiger partial charge in [0.05, 0.1) is 0 Å². The summed E-state index contributed by atoms with van der Waals surface area (Å²) in [5, 5.41) is 5.79. The van der Waals surface area contributed by atoms with Crippen LogP contribution in [-0.2, 0) is 0 Å². The van der Waals surface area contributed by atoms with E-state index in [0.29, 0.717) is 5.25 Å². The summed E-state index contributed by atoms with van der Waals surface area (Å²) in [6.07, 6.45) is 0. The number of thioether (sulfide) groups is 1. The number of hydrogen-bond acceptors (Lipinski definition) is 3. The minimum Gasteiger partial charge on any atom is -0.356 e. The smallest absolute Gasteiger partial charge is 0.167 e. The van der Waals surface area contributed by atoms with Gasteiger partial charge in [-0.15, -0.1) is 0 Å². The summed E-state index contributed by atoms with van der Waals surface area (Å²) < 4.78 is 5.36. The van der Waals surface area contributed by atoms with Crippen LogP contribution in [0.25, 0.3) is 11.0 Å². The second-order valence-electron chi connectivity index (χ2n) is 5.89. The predicted octanol–water partition coefficient (Wildman–Crippen LogP) is 4.96. The van der Waals surface area contributed by atoms with Crippen LogP contribution < -0.4 is 0 Å². The van der Waals surface area contributed by atoms with Gasteiger partial charge in [-0.05, 0) is 30.9 Å². The zero-order valence-electron chi connectivity index (χ0n) is 11.6. The molecule has 1 aromatic carbocycles. The molecule has 1 aromatic heterocycles. The van der Waals surface area contributed by atoms with Crippen molar-refractivity contribution < 1.29 is 4.52 Å². The van der Waals surface area contributed by atoms with Crippen molar-refractivity contribution in [3.63, 3.8) is 0 Å². The molecular formula is C14H21NOSSi. The summed E-state index contributed by atoms with van der Waals surface area (Å²) in [6, 6.07) is 9.46. The lowest BCUT2D eigenvalue weighted by Crippen LogP contribution is -2.20. The van der Waals surface area contributed by atoms with Crippen molar-refractivity contribution in [2.45, 2.75) is 37.9 Å². The first-order chi connectivity index (χ1) is 8.47. The number of para-hydroxylation sites is 1. The van der Waals surface area contributed by atoms with Crippen molar-refractivity contribution in [1.82, 2.24) is 5.16 Å². The highest BCUT2D eigenvalue weighted by molar-refractivity contribution is 7.99. The number of fused-ring (bicyclic) bond motifs is 1. The Kier molecular flexibility index (Phi) is 4.17. The summed E-state index contributed by atoms with van der Waals surface area (Å²) in [7, 11) is -0.927. The van der Waals surface area contributed by atoms with Crippen LogP contribution in [0.15, 0.2) is 28.8 Å². The van der Waals surface area contributed by atoms with Gasteiger partial charge in [0.25, 0.3) is 0 Å². The Balaban J connectivity index is 2.03. The van der Waals surface area contributed by atoms with E-state index in [2.05, 4.69) is 37.8 Å². The average Bonchev–Trinajstić information content (AvgIpc) is 2.70. The van der Waals surface area contributed by atoms with Crippen LogP contribution in [0.5, 0.6) is 0 Å². The lowest BCUT2D eigenvalue weighted by molar-refractivity contribution is 0.446. The third-order valence-electron chi connectivity index (χ3n) is 3.01. The molecule has 1 heterocycles. The van der Waals surface area contributed by atoms with E-state index in [9.17, 15) is 0 Å². The number of hydrogen-bond donors (Lipinski definition) is 0. The van der Waals surface area contributed by atoms with Gasteiger partial charge in [0.1, 0.15) is 5.69 Å². The normalized spacial score (nSPS) is 14.0. The number of benzene rings is 1. The first-order valence-corrected chi connectivity index (χ1v) is 11.2. The predicted molar refractivity (Wildman–Crippen MR) is 83.0 cm³/mol. The molecule has 0 aliphatic rings. The molecule has 18 heavy (non-hydrogen) atoms. The van der Waals surface area contributed by atoms with Gasteiger partial charge in [0.2, 0.25) is 0 Å². The van der Waals surface area contributed by atoms with Crippen LogP contribution in [0.1, 0.15) is 17.9 Å². The molecule has 0 bridgehead atoms. The van der Waals surface area contributed by atoms with Crippen molar-refractivity contribution in [1.29, 1.82) is 0 Å². The minimum absolute atomic E-state index is 0.407. The van der Waals surface area contributed by atoms with Crippen LogP contribution in [0.2, 0.25) is 25.7 Å². The van der Waals surface area contributed by atoms with E-state index in [4.69, 9.17) is 4.52 Å². The second kappa shape index (κ2) is 5.49. The summed E-state index contributed by atoms with van der Waals surface area (Å²) in [4.78, 5) is 0. The van der Waals surface area contributed by atoms with E-state index < -0.39 is 8.07 Å². The molecule has 0 radical (unpaired) electrons. The van der Waals surface area contributed by atoms with Gasteiger partial charge in [0.15, 0.2) is 5.58 Å². The van der Waals surface area contributed by atoms with Crippen molar-refractivity contribution >= 4 is 30.8 Å². The summed E-state index contributed by atoms with van der Waals surface area (Å²) >= 11 is 1.99.